The van der Waals surface area contributed by atoms with Crippen LogP contribution in [-0.4, -0.2) is 22.4 Å². The van der Waals surface area contributed by atoms with E-state index in [1.165, 1.54) is 6.20 Å². The molecule has 138 valence electrons. The number of hydrogen-bond donors (Lipinski definition) is 1. The minimum absolute atomic E-state index is 0.358. The Morgan fingerprint density at radius 2 is 1.85 bits per heavy atom. The number of ether oxygens (including phenoxy) is 1. The van der Waals surface area contributed by atoms with E-state index in [-0.39, 0.29) is 0 Å². The third-order valence-electron chi connectivity index (χ3n) is 3.42. The van der Waals surface area contributed by atoms with Crippen LogP contribution in [0.4, 0.5) is 10.5 Å². The summed E-state index contributed by atoms with van der Waals surface area (Å²) in [5, 5.41) is 8.15. The van der Waals surface area contributed by atoms with Crippen molar-refractivity contribution in [3.8, 4) is 11.6 Å². The Labute approximate surface area is 166 Å². The van der Waals surface area contributed by atoms with Crippen LogP contribution in [0.3, 0.4) is 0 Å². The zero-order chi connectivity index (χ0) is 19.2. The smallest absolute Gasteiger partial charge is 0.345 e. The molecule has 0 bridgehead atoms. The number of nitrogens with one attached hydrogen (secondary N) is 1. The van der Waals surface area contributed by atoms with Crippen molar-refractivity contribution in [2.45, 2.75) is 6.92 Å². The number of hydrogen-bond acceptors (Lipinski definition) is 3. The fourth-order valence-corrected chi connectivity index (χ4v) is 2.89. The van der Waals surface area contributed by atoms with Crippen molar-refractivity contribution in [3.63, 3.8) is 0 Å². The summed E-state index contributed by atoms with van der Waals surface area (Å²) in [6.07, 6.45) is 1.49. The molecule has 0 saturated heterocycles. The lowest BCUT2D eigenvalue weighted by atomic mass is 10.3. The van der Waals surface area contributed by atoms with Gasteiger partial charge in [0.2, 0.25) is 5.88 Å². The Bertz CT molecular complexity index is 999. The van der Waals surface area contributed by atoms with Crippen LogP contribution in [0, 0.1) is 0 Å². The molecule has 2 amide bonds. The van der Waals surface area contributed by atoms with E-state index < -0.39 is 6.03 Å². The molecular weight excluding hydrogens is 387 g/mol. The molecular formula is C19H16Cl2N4O2. The van der Waals surface area contributed by atoms with Gasteiger partial charge in [-0.25, -0.2) is 9.48 Å². The maximum Gasteiger partial charge on any atom is 0.345 e. The predicted molar refractivity (Wildman–Crippen MR) is 106 cm³/mol. The Hall–Kier alpha value is -2.83. The van der Waals surface area contributed by atoms with Crippen LogP contribution in [0.15, 0.2) is 65.8 Å². The number of benzene rings is 2. The standard InChI is InChI=1S/C19H16Cl2N4O2/c1-2-27-18-11-16(12-22-25(18)17-6-4-3-5-7-17)24-19(26)23-15-9-13(20)8-14(21)10-15/h3-12H,2H2,1H3,(H,23,26). The molecule has 0 aliphatic heterocycles. The molecule has 0 spiro atoms. The topological polar surface area (TPSA) is 68.5 Å². The van der Waals surface area contributed by atoms with Crippen LogP contribution in [0.5, 0.6) is 5.88 Å². The molecule has 0 aliphatic rings. The molecule has 1 aromatic heterocycles. The highest BCUT2D eigenvalue weighted by Crippen LogP contribution is 2.22. The van der Waals surface area contributed by atoms with Crippen LogP contribution in [0.2, 0.25) is 10.0 Å². The first-order valence-electron chi connectivity index (χ1n) is 8.14. The quantitative estimate of drug-likeness (QED) is 0.686. The molecule has 3 rings (SSSR count). The third-order valence-corrected chi connectivity index (χ3v) is 3.86. The van der Waals surface area contributed by atoms with E-state index >= 15 is 0 Å². The highest BCUT2D eigenvalue weighted by molar-refractivity contribution is 6.35. The first kappa shape index (κ1) is 18.9. The van der Waals surface area contributed by atoms with E-state index in [1.54, 1.807) is 28.9 Å². The summed E-state index contributed by atoms with van der Waals surface area (Å²) in [5.74, 6) is 0.476. The molecule has 1 heterocycles. The minimum atomic E-state index is -0.574. The van der Waals surface area contributed by atoms with Gasteiger partial charge in [0.25, 0.3) is 0 Å². The highest BCUT2D eigenvalue weighted by atomic mass is 35.5. The molecule has 0 fully saturated rings. The van der Waals surface area contributed by atoms with Gasteiger partial charge in [0.15, 0.2) is 0 Å². The number of carbonyl (C=O) groups is 1. The number of amides is 2. The molecule has 0 unspecified atom stereocenters. The van der Waals surface area contributed by atoms with Gasteiger partial charge in [-0.05, 0) is 37.3 Å². The van der Waals surface area contributed by atoms with E-state index in [0.717, 1.165) is 5.69 Å². The first-order chi connectivity index (χ1) is 13.0. The minimum Gasteiger partial charge on any atom is -0.478 e. The summed E-state index contributed by atoms with van der Waals surface area (Å²) in [4.78, 5) is 16.2. The van der Waals surface area contributed by atoms with Crippen molar-refractivity contribution in [3.05, 3.63) is 76.2 Å². The summed E-state index contributed by atoms with van der Waals surface area (Å²) in [5.41, 5.74) is 1.29. The molecule has 0 aliphatic carbocycles. The number of rotatable bonds is 4. The van der Waals surface area contributed by atoms with Crippen molar-refractivity contribution in [2.24, 2.45) is 4.99 Å². The Morgan fingerprint density at radius 3 is 2.52 bits per heavy atom. The number of para-hydroxylation sites is 1. The molecule has 3 aromatic rings. The van der Waals surface area contributed by atoms with Crippen LogP contribution in [0.25, 0.3) is 5.69 Å². The van der Waals surface area contributed by atoms with E-state index in [0.29, 0.717) is 33.6 Å². The van der Waals surface area contributed by atoms with Gasteiger partial charge in [-0.15, -0.1) is 0 Å². The Kier molecular flexibility index (Phi) is 6.11. The second kappa shape index (κ2) is 8.70. The van der Waals surface area contributed by atoms with Gasteiger partial charge in [-0.3, -0.25) is 0 Å². The molecule has 27 heavy (non-hydrogen) atoms. The number of aromatic nitrogens is 2. The van der Waals surface area contributed by atoms with Crippen molar-refractivity contribution in [1.29, 1.82) is 0 Å². The van der Waals surface area contributed by atoms with Gasteiger partial charge < -0.3 is 10.1 Å². The van der Waals surface area contributed by atoms with Gasteiger partial charge in [-0.1, -0.05) is 41.4 Å². The lowest BCUT2D eigenvalue weighted by molar-refractivity contribution is 0.259. The Morgan fingerprint density at radius 1 is 1.15 bits per heavy atom. The highest BCUT2D eigenvalue weighted by Gasteiger charge is 2.07. The van der Waals surface area contributed by atoms with Crippen LogP contribution in [0.1, 0.15) is 6.92 Å². The second-order valence-electron chi connectivity index (χ2n) is 5.43. The average molecular weight is 403 g/mol. The maximum atomic E-state index is 12.2. The van der Waals surface area contributed by atoms with E-state index in [2.05, 4.69) is 15.4 Å². The summed E-state index contributed by atoms with van der Waals surface area (Å²) in [7, 11) is 0. The lowest BCUT2D eigenvalue weighted by Crippen LogP contribution is -2.17. The molecule has 6 nitrogen and oxygen atoms in total. The number of halogens is 2. The fourth-order valence-electron chi connectivity index (χ4n) is 2.37. The summed E-state index contributed by atoms with van der Waals surface area (Å²) >= 11 is 11.9. The van der Waals surface area contributed by atoms with Crippen molar-refractivity contribution >= 4 is 34.9 Å². The van der Waals surface area contributed by atoms with Gasteiger partial charge in [-0.2, -0.15) is 10.1 Å². The fraction of sp³-hybridized carbons (Fsp3) is 0.105. The first-order valence-corrected chi connectivity index (χ1v) is 8.90. The van der Waals surface area contributed by atoms with E-state index in [1.807, 2.05) is 37.3 Å². The number of carbonyl (C=O) groups excluding carboxylic acids is 1. The zero-order valence-corrected chi connectivity index (χ0v) is 15.9. The van der Waals surface area contributed by atoms with Gasteiger partial charge in [0.05, 0.1) is 23.8 Å². The largest absolute Gasteiger partial charge is 0.478 e. The second-order valence-corrected chi connectivity index (χ2v) is 6.31. The maximum absolute atomic E-state index is 12.2. The molecule has 0 atom stereocenters. The van der Waals surface area contributed by atoms with Gasteiger partial charge >= 0.3 is 6.03 Å². The SMILES string of the molecule is CCOc1cc(=NC(=O)Nc2cc(Cl)cc(Cl)c2)cnn1-c1ccccc1. The van der Waals surface area contributed by atoms with Crippen LogP contribution < -0.4 is 15.4 Å². The molecule has 0 saturated carbocycles. The molecule has 8 heteroatoms. The van der Waals surface area contributed by atoms with Gasteiger partial charge in [0.1, 0.15) is 0 Å². The zero-order valence-electron chi connectivity index (χ0n) is 14.4. The van der Waals surface area contributed by atoms with Crippen molar-refractivity contribution < 1.29 is 9.53 Å². The summed E-state index contributed by atoms with van der Waals surface area (Å²) in [6, 6.07) is 15.4. The third kappa shape index (κ3) is 5.09. The summed E-state index contributed by atoms with van der Waals surface area (Å²) in [6.45, 7) is 2.32. The number of urea groups is 1. The monoisotopic (exact) mass is 402 g/mol. The molecule has 1 N–H and O–H groups in total. The van der Waals surface area contributed by atoms with E-state index in [9.17, 15) is 4.79 Å². The van der Waals surface area contributed by atoms with Crippen LogP contribution in [-0.2, 0) is 0 Å². The lowest BCUT2D eigenvalue weighted by Gasteiger charge is -2.11. The average Bonchev–Trinajstić information content (AvgIpc) is 2.62. The van der Waals surface area contributed by atoms with Crippen LogP contribution >= 0.6 is 23.2 Å². The molecule has 0 radical (unpaired) electrons. The van der Waals surface area contributed by atoms with E-state index in [4.69, 9.17) is 27.9 Å². The number of anilines is 1. The van der Waals surface area contributed by atoms with Crippen molar-refractivity contribution in [1.82, 2.24) is 9.78 Å². The molecule has 2 aromatic carbocycles. The number of nitrogens with zero attached hydrogens (tertiary/aromatic N) is 3. The van der Waals surface area contributed by atoms with Gasteiger partial charge in [0, 0.05) is 21.8 Å². The normalized spacial score (nSPS) is 11.3. The van der Waals surface area contributed by atoms with Crippen molar-refractivity contribution in [2.75, 3.05) is 11.9 Å². The summed E-state index contributed by atoms with van der Waals surface area (Å²) < 4.78 is 7.27. The Balaban J connectivity index is 1.89. The predicted octanol–water partition coefficient (Wildman–Crippen LogP) is 4.71.